The zero-order chi connectivity index (χ0) is 14.4. The second kappa shape index (κ2) is 9.55. The van der Waals surface area contributed by atoms with Gasteiger partial charge in [-0.25, -0.2) is 9.18 Å². The Morgan fingerprint density at radius 1 is 1.38 bits per heavy atom. The summed E-state index contributed by atoms with van der Waals surface area (Å²) >= 11 is 1.86. The van der Waals surface area contributed by atoms with Crippen molar-refractivity contribution in [3.63, 3.8) is 0 Å². The van der Waals surface area contributed by atoms with E-state index in [0.717, 1.165) is 39.3 Å². The third kappa shape index (κ3) is 6.06. The van der Waals surface area contributed by atoms with E-state index in [0.29, 0.717) is 15.7 Å². The molecule has 21 heavy (non-hydrogen) atoms. The van der Waals surface area contributed by atoms with Crippen molar-refractivity contribution in [3.05, 3.63) is 33.1 Å². The maximum atomic E-state index is 13.1. The Bertz CT molecular complexity index is 470. The Morgan fingerprint density at radius 2 is 2.10 bits per heavy atom. The van der Waals surface area contributed by atoms with Crippen molar-refractivity contribution in [2.75, 3.05) is 39.5 Å². The Morgan fingerprint density at radius 3 is 2.76 bits per heavy atom. The van der Waals surface area contributed by atoms with E-state index >= 15 is 0 Å². The summed E-state index contributed by atoms with van der Waals surface area (Å²) in [5.74, 6) is -0.723. The minimum Gasteiger partial charge on any atom is -0.462 e. The first-order valence-electron chi connectivity index (χ1n) is 6.59. The predicted octanol–water partition coefficient (Wildman–Crippen LogP) is 2.73. The molecule has 1 aliphatic heterocycles. The first-order chi connectivity index (χ1) is 9.66. The van der Waals surface area contributed by atoms with Gasteiger partial charge in [-0.2, -0.15) is 0 Å². The largest absolute Gasteiger partial charge is 0.462 e. The van der Waals surface area contributed by atoms with Crippen molar-refractivity contribution in [2.24, 2.45) is 0 Å². The summed E-state index contributed by atoms with van der Waals surface area (Å²) in [4.78, 5) is 14.1. The van der Waals surface area contributed by atoms with Crippen LogP contribution in [0.3, 0.4) is 0 Å². The van der Waals surface area contributed by atoms with E-state index in [2.05, 4.69) is 4.90 Å². The molecular weight excluding hydrogens is 412 g/mol. The van der Waals surface area contributed by atoms with E-state index in [1.807, 2.05) is 22.6 Å². The van der Waals surface area contributed by atoms with Gasteiger partial charge in [0.15, 0.2) is 0 Å². The zero-order valence-electron chi connectivity index (χ0n) is 11.5. The highest BCUT2D eigenvalue weighted by atomic mass is 127. The summed E-state index contributed by atoms with van der Waals surface area (Å²) < 4.78 is 24.0. The van der Waals surface area contributed by atoms with Gasteiger partial charge < -0.3 is 9.47 Å². The third-order valence-corrected chi connectivity index (χ3v) is 3.94. The van der Waals surface area contributed by atoms with Gasteiger partial charge in [-0.1, -0.05) is 0 Å². The molecule has 1 heterocycles. The monoisotopic (exact) mass is 429 g/mol. The van der Waals surface area contributed by atoms with E-state index in [4.69, 9.17) is 9.47 Å². The number of rotatable bonds is 5. The van der Waals surface area contributed by atoms with E-state index in [9.17, 15) is 9.18 Å². The van der Waals surface area contributed by atoms with Crippen LogP contribution in [0.5, 0.6) is 0 Å². The molecule has 0 atom stereocenters. The number of ether oxygens (including phenoxy) is 2. The number of hydrogen-bond donors (Lipinski definition) is 0. The predicted molar refractivity (Wildman–Crippen MR) is 88.5 cm³/mol. The number of carbonyl (C=O) groups is 1. The third-order valence-electron chi connectivity index (χ3n) is 3.11. The van der Waals surface area contributed by atoms with Gasteiger partial charge in [-0.05, 0) is 47.2 Å². The Balaban J connectivity index is 0.00000220. The molecule has 1 aliphatic rings. The molecule has 0 unspecified atom stereocenters. The minimum atomic E-state index is -0.398. The molecule has 0 aromatic heterocycles. The molecule has 0 amide bonds. The number of nitrogens with zero attached hydrogens (tertiary/aromatic N) is 1. The molecule has 0 N–H and O–H groups in total. The lowest BCUT2D eigenvalue weighted by molar-refractivity contribution is 0.0298. The molecule has 0 bridgehead atoms. The quantitative estimate of drug-likeness (QED) is 0.410. The van der Waals surface area contributed by atoms with Crippen LogP contribution >= 0.6 is 35.0 Å². The average Bonchev–Trinajstić information content (AvgIpc) is 2.47. The molecule has 0 saturated carbocycles. The standard InChI is InChI=1S/C14H17FINO3.ClH/c15-12-3-2-11(10-13(12)16)14(18)20-7-1-4-17-5-8-19-9-6-17;/h2-3,10H,1,4-9H2;1H. The molecule has 0 radical (unpaired) electrons. The second-order valence-corrected chi connectivity index (χ2v) is 5.73. The van der Waals surface area contributed by atoms with Gasteiger partial charge >= 0.3 is 5.97 Å². The highest BCUT2D eigenvalue weighted by molar-refractivity contribution is 14.1. The molecule has 7 heteroatoms. The highest BCUT2D eigenvalue weighted by Gasteiger charge is 2.12. The number of carbonyl (C=O) groups excluding carboxylic acids is 1. The summed E-state index contributed by atoms with van der Waals surface area (Å²) in [5, 5.41) is 0. The van der Waals surface area contributed by atoms with Gasteiger partial charge in [0.05, 0.1) is 25.4 Å². The normalized spacial score (nSPS) is 15.3. The second-order valence-electron chi connectivity index (χ2n) is 4.57. The Hall–Kier alpha value is -0.440. The Kier molecular flexibility index (Phi) is 8.46. The van der Waals surface area contributed by atoms with E-state index in [1.165, 1.54) is 18.2 Å². The SMILES string of the molecule is Cl.O=C(OCCCN1CCOCC1)c1ccc(F)c(I)c1. The van der Waals surface area contributed by atoms with Gasteiger partial charge in [0.2, 0.25) is 0 Å². The van der Waals surface area contributed by atoms with E-state index in [1.54, 1.807) is 0 Å². The van der Waals surface area contributed by atoms with Crippen LogP contribution in [-0.4, -0.2) is 50.3 Å². The number of esters is 1. The fourth-order valence-electron chi connectivity index (χ4n) is 1.98. The first-order valence-corrected chi connectivity index (χ1v) is 7.67. The van der Waals surface area contributed by atoms with E-state index in [-0.39, 0.29) is 18.2 Å². The molecule has 1 aromatic carbocycles. The maximum absolute atomic E-state index is 13.1. The molecule has 1 aromatic rings. The van der Waals surface area contributed by atoms with Crippen LogP contribution in [0.15, 0.2) is 18.2 Å². The molecule has 4 nitrogen and oxygen atoms in total. The lowest BCUT2D eigenvalue weighted by Crippen LogP contribution is -2.37. The number of morpholine rings is 1. The van der Waals surface area contributed by atoms with Gasteiger partial charge in [0.25, 0.3) is 0 Å². The summed E-state index contributed by atoms with van der Waals surface area (Å²) in [7, 11) is 0. The molecule has 1 fully saturated rings. The molecular formula is C14H18ClFINO3. The van der Waals surface area contributed by atoms with Crippen LogP contribution in [0.1, 0.15) is 16.8 Å². The van der Waals surface area contributed by atoms with Gasteiger partial charge in [-0.15, -0.1) is 12.4 Å². The zero-order valence-corrected chi connectivity index (χ0v) is 14.5. The lowest BCUT2D eigenvalue weighted by atomic mass is 10.2. The topological polar surface area (TPSA) is 38.8 Å². The van der Waals surface area contributed by atoms with Crippen LogP contribution in [0, 0.1) is 9.39 Å². The minimum absolute atomic E-state index is 0. The fourth-order valence-corrected chi connectivity index (χ4v) is 2.50. The van der Waals surface area contributed by atoms with Crippen LogP contribution in [-0.2, 0) is 9.47 Å². The number of halogens is 3. The van der Waals surface area contributed by atoms with Crippen molar-refractivity contribution in [2.45, 2.75) is 6.42 Å². The summed E-state index contributed by atoms with van der Waals surface area (Å²) in [5.41, 5.74) is 0.391. The maximum Gasteiger partial charge on any atom is 0.338 e. The number of benzene rings is 1. The van der Waals surface area contributed by atoms with Crippen molar-refractivity contribution >= 4 is 41.0 Å². The van der Waals surface area contributed by atoms with Crippen LogP contribution in [0.2, 0.25) is 0 Å². The number of hydrogen-bond acceptors (Lipinski definition) is 4. The van der Waals surface area contributed by atoms with Crippen LogP contribution < -0.4 is 0 Å². The van der Waals surface area contributed by atoms with E-state index < -0.39 is 5.97 Å². The van der Waals surface area contributed by atoms with Gasteiger partial charge in [0.1, 0.15) is 5.82 Å². The van der Waals surface area contributed by atoms with Crippen molar-refractivity contribution in [1.82, 2.24) is 4.90 Å². The van der Waals surface area contributed by atoms with Gasteiger partial charge in [0, 0.05) is 23.2 Å². The Labute approximate surface area is 143 Å². The molecule has 0 aliphatic carbocycles. The van der Waals surface area contributed by atoms with Crippen molar-refractivity contribution in [1.29, 1.82) is 0 Å². The van der Waals surface area contributed by atoms with Crippen LogP contribution in [0.4, 0.5) is 4.39 Å². The summed E-state index contributed by atoms with van der Waals surface area (Å²) in [6.07, 6.45) is 0.796. The fraction of sp³-hybridized carbons (Fsp3) is 0.500. The van der Waals surface area contributed by atoms with Crippen LogP contribution in [0.25, 0.3) is 0 Å². The van der Waals surface area contributed by atoms with Gasteiger partial charge in [-0.3, -0.25) is 4.90 Å². The molecule has 1 saturated heterocycles. The molecule has 118 valence electrons. The average molecular weight is 430 g/mol. The smallest absolute Gasteiger partial charge is 0.338 e. The van der Waals surface area contributed by atoms with Crippen molar-refractivity contribution in [3.8, 4) is 0 Å². The summed E-state index contributed by atoms with van der Waals surface area (Å²) in [6.45, 7) is 4.69. The lowest BCUT2D eigenvalue weighted by Gasteiger charge is -2.26. The molecule has 0 spiro atoms. The van der Waals surface area contributed by atoms with Crippen molar-refractivity contribution < 1.29 is 18.7 Å². The molecule has 2 rings (SSSR count). The first kappa shape index (κ1) is 18.6. The highest BCUT2D eigenvalue weighted by Crippen LogP contribution is 2.13. The summed E-state index contributed by atoms with van der Waals surface area (Å²) in [6, 6.07) is 4.23.